The smallest absolute Gasteiger partial charge is 0.270 e. The molecule has 3 aromatic rings. The molecule has 0 fully saturated rings. The van der Waals surface area contributed by atoms with Crippen molar-refractivity contribution in [1.82, 2.24) is 9.78 Å². The van der Waals surface area contributed by atoms with Crippen LogP contribution in [0.25, 0.3) is 5.69 Å². The molecule has 2 aromatic carbocycles. The van der Waals surface area contributed by atoms with Crippen LogP contribution in [0.3, 0.4) is 0 Å². The third-order valence-electron chi connectivity index (χ3n) is 3.34. The second kappa shape index (κ2) is 7.60. The van der Waals surface area contributed by atoms with Crippen LogP contribution in [-0.4, -0.2) is 20.5 Å². The monoisotopic (exact) mass is 388 g/mol. The molecule has 0 atom stereocenters. The summed E-state index contributed by atoms with van der Waals surface area (Å²) in [5.41, 5.74) is 1.32. The molecule has 7 nitrogen and oxygen atoms in total. The summed E-state index contributed by atoms with van der Waals surface area (Å²) in [6.45, 7) is 0.0671. The molecule has 0 aliphatic rings. The van der Waals surface area contributed by atoms with Gasteiger partial charge in [0, 0.05) is 22.8 Å². The van der Waals surface area contributed by atoms with Gasteiger partial charge in [-0.25, -0.2) is 4.57 Å². The molecule has 0 unspecified atom stereocenters. The molecule has 24 heavy (non-hydrogen) atoms. The number of para-hydroxylation sites is 1. The Morgan fingerprint density at radius 2 is 1.79 bits per heavy atom. The molecule has 3 rings (SSSR count). The molecule has 0 bridgehead atoms. The predicted molar refractivity (Wildman–Crippen MR) is 81.2 cm³/mol. The fourth-order valence-electron chi connectivity index (χ4n) is 2.15. The molecular weight excluding hydrogens is 376 g/mol. The molecular formula is C16H13BrN4O3. The zero-order valence-electron chi connectivity index (χ0n) is 12.4. The second-order valence-electron chi connectivity index (χ2n) is 4.91. The van der Waals surface area contributed by atoms with Crippen molar-refractivity contribution in [2.75, 3.05) is 0 Å². The van der Waals surface area contributed by atoms with Gasteiger partial charge in [0.2, 0.25) is 6.33 Å². The Morgan fingerprint density at radius 3 is 2.42 bits per heavy atom. The molecule has 1 heterocycles. The van der Waals surface area contributed by atoms with Crippen molar-refractivity contribution in [2.45, 2.75) is 6.54 Å². The van der Waals surface area contributed by atoms with Crippen LogP contribution in [-0.2, 0) is 6.54 Å². The van der Waals surface area contributed by atoms with Gasteiger partial charge in [0.25, 0.3) is 12.0 Å². The third-order valence-corrected chi connectivity index (χ3v) is 3.34. The first-order valence-corrected chi connectivity index (χ1v) is 6.90. The maximum absolute atomic E-state index is 12.2. The molecule has 0 saturated carbocycles. The molecule has 1 aromatic heterocycles. The SMILES string of the molecule is O=C(Cn1c[n+](-c2ccccc2)cn1)c1ccc([N+](=O)[O-])cc1.[Br-]. The van der Waals surface area contributed by atoms with E-state index in [-0.39, 0.29) is 35.0 Å². The highest BCUT2D eigenvalue weighted by molar-refractivity contribution is 5.96. The number of non-ortho nitro benzene ring substituents is 1. The molecule has 0 radical (unpaired) electrons. The Labute approximate surface area is 148 Å². The van der Waals surface area contributed by atoms with Crippen LogP contribution >= 0.6 is 0 Å². The quantitative estimate of drug-likeness (QED) is 0.242. The maximum Gasteiger partial charge on any atom is 0.270 e. The fourth-order valence-corrected chi connectivity index (χ4v) is 2.15. The number of nitro benzene ring substituents is 1. The summed E-state index contributed by atoms with van der Waals surface area (Å²) in [6, 6.07) is 15.2. The Hall–Kier alpha value is -2.87. The van der Waals surface area contributed by atoms with E-state index >= 15 is 0 Å². The van der Waals surface area contributed by atoms with Gasteiger partial charge in [-0.05, 0) is 24.3 Å². The molecule has 0 spiro atoms. The zero-order chi connectivity index (χ0) is 16.2. The summed E-state index contributed by atoms with van der Waals surface area (Å²) in [6.07, 6.45) is 3.34. The summed E-state index contributed by atoms with van der Waals surface area (Å²) >= 11 is 0. The van der Waals surface area contributed by atoms with Gasteiger partial charge in [-0.15, -0.1) is 4.68 Å². The molecule has 0 saturated heterocycles. The molecule has 0 aliphatic heterocycles. The van der Waals surface area contributed by atoms with Crippen molar-refractivity contribution in [3.8, 4) is 5.69 Å². The van der Waals surface area contributed by atoms with Crippen molar-refractivity contribution in [3.05, 3.63) is 82.9 Å². The summed E-state index contributed by atoms with van der Waals surface area (Å²) in [4.78, 5) is 22.3. The van der Waals surface area contributed by atoms with E-state index in [1.807, 2.05) is 34.9 Å². The molecule has 0 amide bonds. The second-order valence-corrected chi connectivity index (χ2v) is 4.91. The van der Waals surface area contributed by atoms with Crippen molar-refractivity contribution in [1.29, 1.82) is 0 Å². The minimum Gasteiger partial charge on any atom is -1.00 e. The zero-order valence-corrected chi connectivity index (χ0v) is 14.0. The topological polar surface area (TPSA) is 81.9 Å². The Morgan fingerprint density at radius 1 is 1.12 bits per heavy atom. The summed E-state index contributed by atoms with van der Waals surface area (Å²) in [5, 5.41) is 14.8. The number of hydrogen-bond donors (Lipinski definition) is 0. The highest BCUT2D eigenvalue weighted by atomic mass is 79.9. The highest BCUT2D eigenvalue weighted by Crippen LogP contribution is 2.12. The van der Waals surface area contributed by atoms with Crippen molar-refractivity contribution < 1.29 is 31.3 Å². The van der Waals surface area contributed by atoms with Crippen LogP contribution in [0.2, 0.25) is 0 Å². The number of benzene rings is 2. The highest BCUT2D eigenvalue weighted by Gasteiger charge is 2.15. The summed E-state index contributed by atoms with van der Waals surface area (Å²) < 4.78 is 3.33. The van der Waals surface area contributed by atoms with Gasteiger partial charge in [0.1, 0.15) is 5.69 Å². The molecule has 0 N–H and O–H groups in total. The van der Waals surface area contributed by atoms with Crippen LogP contribution in [0.4, 0.5) is 5.69 Å². The van der Waals surface area contributed by atoms with Gasteiger partial charge in [-0.2, -0.15) is 0 Å². The van der Waals surface area contributed by atoms with E-state index < -0.39 is 4.92 Å². The normalized spacial score (nSPS) is 10.0. The van der Waals surface area contributed by atoms with E-state index in [0.717, 1.165) is 5.69 Å². The summed E-state index contributed by atoms with van der Waals surface area (Å²) in [7, 11) is 0. The first-order valence-electron chi connectivity index (χ1n) is 6.90. The Bertz CT molecular complexity index is 847. The lowest BCUT2D eigenvalue weighted by Gasteiger charge is -1.97. The van der Waals surface area contributed by atoms with Crippen LogP contribution in [0.5, 0.6) is 0 Å². The van der Waals surface area contributed by atoms with Crippen molar-refractivity contribution >= 4 is 11.5 Å². The average molecular weight is 389 g/mol. The number of halogens is 1. The number of ketones is 1. The van der Waals surface area contributed by atoms with Gasteiger partial charge in [-0.3, -0.25) is 14.9 Å². The largest absolute Gasteiger partial charge is 1.00 e. The third kappa shape index (κ3) is 3.90. The maximum atomic E-state index is 12.2. The number of carbonyl (C=O) groups excluding carboxylic acids is 1. The van der Waals surface area contributed by atoms with E-state index in [9.17, 15) is 14.9 Å². The molecule has 8 heteroatoms. The standard InChI is InChI=1S/C16H13N4O3.BrH/c21-16(13-6-8-15(9-7-13)20(22)23)10-19-12-18(11-17-19)14-4-2-1-3-5-14;/h1-9,11-12H,10H2;1H/q+1;/p-1. The number of rotatable bonds is 5. The van der Waals surface area contributed by atoms with Crippen LogP contribution in [0.1, 0.15) is 10.4 Å². The first kappa shape index (κ1) is 17.5. The number of Topliss-reactive ketones (excluding diaryl/α,β-unsaturated/α-hetero) is 1. The minimum absolute atomic E-state index is 0. The van der Waals surface area contributed by atoms with Gasteiger partial charge in [0.05, 0.1) is 4.92 Å². The Balaban J connectivity index is 0.00000208. The number of nitrogens with zero attached hydrogens (tertiary/aromatic N) is 4. The van der Waals surface area contributed by atoms with Gasteiger partial charge >= 0.3 is 0 Å². The number of carbonyl (C=O) groups is 1. The number of aromatic nitrogens is 3. The van der Waals surface area contributed by atoms with Crippen molar-refractivity contribution in [3.63, 3.8) is 0 Å². The van der Waals surface area contributed by atoms with Gasteiger partial charge in [-0.1, -0.05) is 18.2 Å². The fraction of sp³-hybridized carbons (Fsp3) is 0.0625. The number of nitro groups is 1. The van der Waals surface area contributed by atoms with E-state index in [2.05, 4.69) is 5.10 Å². The molecule has 0 aliphatic carbocycles. The average Bonchev–Trinajstić information content (AvgIpc) is 3.04. The Kier molecular flexibility index (Phi) is 5.54. The predicted octanol–water partition coefficient (Wildman–Crippen LogP) is -1.05. The van der Waals surface area contributed by atoms with E-state index in [1.165, 1.54) is 28.9 Å². The van der Waals surface area contributed by atoms with E-state index in [1.54, 1.807) is 12.7 Å². The van der Waals surface area contributed by atoms with Crippen molar-refractivity contribution in [2.24, 2.45) is 0 Å². The minimum atomic E-state index is -0.496. The first-order chi connectivity index (χ1) is 11.1. The van der Waals surface area contributed by atoms with E-state index in [4.69, 9.17) is 0 Å². The lowest BCUT2D eigenvalue weighted by molar-refractivity contribution is -0.596. The summed E-state index contributed by atoms with van der Waals surface area (Å²) in [5.74, 6) is -0.164. The van der Waals surface area contributed by atoms with Gasteiger partial charge < -0.3 is 17.0 Å². The van der Waals surface area contributed by atoms with Gasteiger partial charge in [0.15, 0.2) is 12.3 Å². The van der Waals surface area contributed by atoms with Crippen LogP contribution in [0.15, 0.2) is 67.3 Å². The van der Waals surface area contributed by atoms with E-state index in [0.29, 0.717) is 5.56 Å². The molecule has 122 valence electrons. The number of hydrogen-bond acceptors (Lipinski definition) is 4. The lowest BCUT2D eigenvalue weighted by atomic mass is 10.1. The lowest BCUT2D eigenvalue weighted by Crippen LogP contribution is -3.00. The van der Waals surface area contributed by atoms with Crippen LogP contribution in [0, 0.1) is 10.1 Å². The van der Waals surface area contributed by atoms with Crippen LogP contribution < -0.4 is 21.5 Å².